The Balaban J connectivity index is 1.94. The van der Waals surface area contributed by atoms with Crippen LogP contribution in [0.4, 0.5) is 6.01 Å². The van der Waals surface area contributed by atoms with Crippen LogP contribution >= 0.6 is 0 Å². The van der Waals surface area contributed by atoms with Crippen molar-refractivity contribution in [3.05, 3.63) is 5.82 Å². The number of nitrogens with one attached hydrogen (secondary N) is 2. The van der Waals surface area contributed by atoms with E-state index in [4.69, 9.17) is 4.52 Å². The normalized spacial score (nSPS) is 21.4. The fraction of sp³-hybridized carbons (Fsp3) is 0.778. The van der Waals surface area contributed by atoms with Gasteiger partial charge in [-0.15, -0.1) is 0 Å². The number of rotatable bonds is 4. The first-order valence-electron chi connectivity index (χ1n) is 5.57. The van der Waals surface area contributed by atoms with Gasteiger partial charge >= 0.3 is 6.01 Å². The molecule has 96 valence electrons. The van der Waals surface area contributed by atoms with Crippen LogP contribution in [-0.2, 0) is 10.0 Å². The highest BCUT2D eigenvalue weighted by atomic mass is 32.2. The maximum Gasteiger partial charge on any atom is 0.335 e. The van der Waals surface area contributed by atoms with E-state index in [1.165, 1.54) is 0 Å². The lowest BCUT2D eigenvalue weighted by atomic mass is 10.0. The molecule has 1 aliphatic heterocycles. The lowest BCUT2D eigenvalue weighted by Crippen LogP contribution is -2.35. The predicted octanol–water partition coefficient (Wildman–Crippen LogP) is 0.119. The monoisotopic (exact) mass is 260 g/mol. The largest absolute Gasteiger partial charge is 0.335 e. The zero-order chi connectivity index (χ0) is 12.3. The summed E-state index contributed by atoms with van der Waals surface area (Å²) >= 11 is 0. The van der Waals surface area contributed by atoms with Gasteiger partial charge in [-0.25, -0.2) is 13.1 Å². The molecule has 0 aromatic carbocycles. The zero-order valence-electron chi connectivity index (χ0n) is 9.64. The standard InChI is InChI=1S/C9H16N4O3S/c1-7-11-9(16-12-7)13-17(14,15)6-8-3-2-4-10-5-8/h8,10H,2-6H2,1H3,(H,11,12,13). The average molecular weight is 260 g/mol. The van der Waals surface area contributed by atoms with Gasteiger partial charge in [0.2, 0.25) is 10.0 Å². The molecule has 2 heterocycles. The quantitative estimate of drug-likeness (QED) is 0.798. The number of aryl methyl sites for hydroxylation is 1. The molecule has 17 heavy (non-hydrogen) atoms. The number of anilines is 1. The molecule has 0 saturated carbocycles. The van der Waals surface area contributed by atoms with Crippen molar-refractivity contribution in [2.24, 2.45) is 5.92 Å². The number of nitrogens with zero attached hydrogens (tertiary/aromatic N) is 2. The maximum absolute atomic E-state index is 11.8. The van der Waals surface area contributed by atoms with Gasteiger partial charge in [-0.05, 0) is 38.8 Å². The van der Waals surface area contributed by atoms with Gasteiger partial charge < -0.3 is 9.84 Å². The van der Waals surface area contributed by atoms with Crippen molar-refractivity contribution in [2.75, 3.05) is 23.6 Å². The van der Waals surface area contributed by atoms with E-state index in [1.54, 1.807) is 6.92 Å². The molecule has 0 aliphatic carbocycles. The van der Waals surface area contributed by atoms with Crippen molar-refractivity contribution in [1.82, 2.24) is 15.5 Å². The molecule has 7 nitrogen and oxygen atoms in total. The molecule has 1 aliphatic rings. The molecule has 8 heteroatoms. The third kappa shape index (κ3) is 3.67. The molecule has 2 rings (SSSR count). The predicted molar refractivity (Wildman–Crippen MR) is 62.0 cm³/mol. The Hall–Kier alpha value is -1.15. The molecular weight excluding hydrogens is 244 g/mol. The van der Waals surface area contributed by atoms with Crippen LogP contribution in [0.3, 0.4) is 0 Å². The summed E-state index contributed by atoms with van der Waals surface area (Å²) in [5.74, 6) is 0.633. The van der Waals surface area contributed by atoms with Crippen LogP contribution in [0.25, 0.3) is 0 Å². The van der Waals surface area contributed by atoms with Gasteiger partial charge in [0.25, 0.3) is 0 Å². The second kappa shape index (κ2) is 5.01. The molecule has 1 unspecified atom stereocenters. The second-order valence-electron chi connectivity index (χ2n) is 4.24. The number of aromatic nitrogens is 2. The fourth-order valence-electron chi connectivity index (χ4n) is 1.89. The summed E-state index contributed by atoms with van der Waals surface area (Å²) in [6.07, 6.45) is 1.94. The summed E-state index contributed by atoms with van der Waals surface area (Å²) in [7, 11) is -3.41. The van der Waals surface area contributed by atoms with E-state index >= 15 is 0 Å². The minimum absolute atomic E-state index is 0.0636. The molecule has 1 saturated heterocycles. The summed E-state index contributed by atoms with van der Waals surface area (Å²) in [5.41, 5.74) is 0. The fourth-order valence-corrected chi connectivity index (χ4v) is 3.23. The van der Waals surface area contributed by atoms with Crippen LogP contribution in [-0.4, -0.2) is 37.4 Å². The molecule has 1 atom stereocenters. The Morgan fingerprint density at radius 3 is 3.00 bits per heavy atom. The van der Waals surface area contributed by atoms with Crippen LogP contribution in [0.5, 0.6) is 0 Å². The SMILES string of the molecule is Cc1noc(NS(=O)(=O)CC2CCCNC2)n1. The topological polar surface area (TPSA) is 97.1 Å². The van der Waals surface area contributed by atoms with Crippen LogP contribution in [0.1, 0.15) is 18.7 Å². The van der Waals surface area contributed by atoms with E-state index in [1.807, 2.05) is 0 Å². The van der Waals surface area contributed by atoms with E-state index in [9.17, 15) is 8.42 Å². The summed E-state index contributed by atoms with van der Waals surface area (Å²) in [5, 5.41) is 6.70. The third-order valence-electron chi connectivity index (χ3n) is 2.62. The molecule has 0 bridgehead atoms. The summed E-state index contributed by atoms with van der Waals surface area (Å²) < 4.78 is 30.6. The van der Waals surface area contributed by atoms with Gasteiger partial charge in [-0.3, -0.25) is 0 Å². The van der Waals surface area contributed by atoms with Crippen LogP contribution < -0.4 is 10.0 Å². The Bertz CT molecular complexity index is 464. The first-order valence-corrected chi connectivity index (χ1v) is 7.22. The van der Waals surface area contributed by atoms with E-state index in [-0.39, 0.29) is 17.7 Å². The van der Waals surface area contributed by atoms with E-state index in [0.717, 1.165) is 25.9 Å². The minimum atomic E-state index is -3.41. The highest BCUT2D eigenvalue weighted by molar-refractivity contribution is 7.92. The van der Waals surface area contributed by atoms with E-state index in [0.29, 0.717) is 5.82 Å². The average Bonchev–Trinajstić information content (AvgIpc) is 2.63. The summed E-state index contributed by atoms with van der Waals surface area (Å²) in [6.45, 7) is 3.34. The van der Waals surface area contributed by atoms with Gasteiger partial charge in [0, 0.05) is 0 Å². The number of sulfonamides is 1. The molecule has 0 amide bonds. The molecule has 1 aromatic rings. The van der Waals surface area contributed by atoms with Gasteiger partial charge in [0.1, 0.15) is 0 Å². The van der Waals surface area contributed by atoms with Crippen molar-refractivity contribution < 1.29 is 12.9 Å². The molecule has 2 N–H and O–H groups in total. The molecule has 0 radical (unpaired) electrons. The number of piperidine rings is 1. The molecule has 1 aromatic heterocycles. The van der Waals surface area contributed by atoms with Gasteiger partial charge in [-0.1, -0.05) is 5.16 Å². The van der Waals surface area contributed by atoms with Gasteiger partial charge in [-0.2, -0.15) is 4.98 Å². The lowest BCUT2D eigenvalue weighted by molar-refractivity contribution is 0.403. The Kier molecular flexibility index (Phi) is 3.63. The van der Waals surface area contributed by atoms with Gasteiger partial charge in [0.05, 0.1) is 5.75 Å². The molecule has 0 spiro atoms. The van der Waals surface area contributed by atoms with Crippen molar-refractivity contribution in [3.8, 4) is 0 Å². The molecular formula is C9H16N4O3S. The Labute approximate surface area is 100 Å². The van der Waals surface area contributed by atoms with E-state index in [2.05, 4.69) is 20.2 Å². The van der Waals surface area contributed by atoms with Crippen molar-refractivity contribution in [1.29, 1.82) is 0 Å². The summed E-state index contributed by atoms with van der Waals surface area (Å²) in [4.78, 5) is 3.81. The summed E-state index contributed by atoms with van der Waals surface area (Å²) in [6, 6.07) is -0.0636. The highest BCUT2D eigenvalue weighted by Crippen LogP contribution is 2.14. The lowest BCUT2D eigenvalue weighted by Gasteiger charge is -2.22. The number of hydrogen-bond donors (Lipinski definition) is 2. The van der Waals surface area contributed by atoms with Crippen LogP contribution in [0.15, 0.2) is 4.52 Å². The minimum Gasteiger partial charge on any atom is -0.316 e. The zero-order valence-corrected chi connectivity index (χ0v) is 10.5. The third-order valence-corrected chi connectivity index (χ3v) is 4.02. The first-order chi connectivity index (χ1) is 8.05. The number of hydrogen-bond acceptors (Lipinski definition) is 6. The maximum atomic E-state index is 11.8. The smallest absolute Gasteiger partial charge is 0.316 e. The highest BCUT2D eigenvalue weighted by Gasteiger charge is 2.22. The van der Waals surface area contributed by atoms with Crippen molar-refractivity contribution >= 4 is 16.0 Å². The van der Waals surface area contributed by atoms with Crippen LogP contribution in [0, 0.1) is 12.8 Å². The van der Waals surface area contributed by atoms with Gasteiger partial charge in [0.15, 0.2) is 5.82 Å². The first kappa shape index (κ1) is 12.3. The Morgan fingerprint density at radius 1 is 1.59 bits per heavy atom. The van der Waals surface area contributed by atoms with E-state index < -0.39 is 10.0 Å². The van der Waals surface area contributed by atoms with Crippen LogP contribution in [0.2, 0.25) is 0 Å². The van der Waals surface area contributed by atoms with Crippen molar-refractivity contribution in [2.45, 2.75) is 19.8 Å². The molecule has 1 fully saturated rings. The Morgan fingerprint density at radius 2 is 2.41 bits per heavy atom. The second-order valence-corrected chi connectivity index (χ2v) is 6.01. The van der Waals surface area contributed by atoms with Crippen molar-refractivity contribution in [3.63, 3.8) is 0 Å².